The van der Waals surface area contributed by atoms with Gasteiger partial charge in [0.15, 0.2) is 0 Å². The number of carbonyl (C=O) groups excluding carboxylic acids is 1. The lowest BCUT2D eigenvalue weighted by Crippen LogP contribution is -1.78. The Morgan fingerprint density at radius 1 is 1.71 bits per heavy atom. The first-order chi connectivity index (χ1) is 3.27. The summed E-state index contributed by atoms with van der Waals surface area (Å²) < 4.78 is 0. The van der Waals surface area contributed by atoms with Crippen molar-refractivity contribution in [3.05, 3.63) is 0 Å². The van der Waals surface area contributed by atoms with Gasteiger partial charge in [-0.2, -0.15) is 0 Å². The Morgan fingerprint density at radius 3 is 2.43 bits per heavy atom. The van der Waals surface area contributed by atoms with E-state index in [1.54, 1.807) is 0 Å². The van der Waals surface area contributed by atoms with Crippen molar-refractivity contribution in [1.29, 1.82) is 0 Å². The quantitative estimate of drug-likeness (QED) is 0.358. The Bertz CT molecular complexity index is 88.9. The molecule has 0 aromatic rings. The number of rotatable bonds is 1. The largest absolute Gasteiger partial charge is 0.383 e. The van der Waals surface area contributed by atoms with Crippen LogP contribution in [0.4, 0.5) is 0 Å². The van der Waals surface area contributed by atoms with Crippen molar-refractivity contribution in [3.8, 4) is 0 Å². The van der Waals surface area contributed by atoms with Gasteiger partial charge in [0.1, 0.15) is 7.11 Å². The predicted molar refractivity (Wildman–Crippen MR) is 22.5 cm³/mol. The summed E-state index contributed by atoms with van der Waals surface area (Å²) in [6.45, 7) is 1.29. The number of amides is 1. The van der Waals surface area contributed by atoms with Gasteiger partial charge in [0.2, 0.25) is 0 Å². The fraction of sp³-hybridized carbons (Fsp3) is 0.667. The Kier molecular flexibility index (Phi) is 2.83. The summed E-state index contributed by atoms with van der Waals surface area (Å²) in [6.07, 6.45) is 0. The second kappa shape index (κ2) is 3.27. The fourth-order valence-electron chi connectivity index (χ4n) is 0.0983. The van der Waals surface area contributed by atoms with Crippen LogP contribution < -0.4 is 0 Å². The normalized spacial score (nSPS) is 9.43. The highest BCUT2D eigenvalue weighted by Gasteiger charge is 1.79. The summed E-state index contributed by atoms with van der Waals surface area (Å²) >= 11 is 0. The molecule has 0 unspecified atom stereocenters. The third kappa shape index (κ3) is 5.07. The zero-order valence-corrected chi connectivity index (χ0v) is 4.21. The maximum Gasteiger partial charge on any atom is 0.264 e. The fourth-order valence-corrected chi connectivity index (χ4v) is 0.0983. The second-order valence-corrected chi connectivity index (χ2v) is 0.883. The highest BCUT2D eigenvalue weighted by atomic mass is 16.6. The predicted octanol–water partition coefficient (Wildman–Crippen LogP) is 0.546. The van der Waals surface area contributed by atoms with E-state index < -0.39 is 0 Å². The van der Waals surface area contributed by atoms with Crippen LogP contribution in [0.3, 0.4) is 0 Å². The van der Waals surface area contributed by atoms with Gasteiger partial charge < -0.3 is 4.84 Å². The molecule has 0 rings (SSSR count). The standard InChI is InChI=1S/C3H6N2O2/c1-3(6)4-5-7-2/h1-2H3/b5-4-. The van der Waals surface area contributed by atoms with Gasteiger partial charge in [0, 0.05) is 12.2 Å². The zero-order chi connectivity index (χ0) is 5.70. The SMILES string of the molecule is CO/N=N\C(C)=O. The van der Waals surface area contributed by atoms with Crippen molar-refractivity contribution < 1.29 is 9.63 Å². The van der Waals surface area contributed by atoms with Crippen LogP contribution >= 0.6 is 0 Å². The molecule has 0 radical (unpaired) electrons. The van der Waals surface area contributed by atoms with Gasteiger partial charge in [-0.3, -0.25) is 4.79 Å². The first-order valence-electron chi connectivity index (χ1n) is 1.72. The maximum atomic E-state index is 9.86. The summed E-state index contributed by atoms with van der Waals surface area (Å²) in [6, 6.07) is 0. The molecule has 0 aliphatic rings. The molecule has 1 amide bonds. The van der Waals surface area contributed by atoms with Crippen LogP contribution in [0.2, 0.25) is 0 Å². The molecule has 0 aliphatic carbocycles. The molecule has 4 nitrogen and oxygen atoms in total. The Labute approximate surface area is 41.1 Å². The zero-order valence-electron chi connectivity index (χ0n) is 4.21. The number of hydrogen-bond acceptors (Lipinski definition) is 3. The van der Waals surface area contributed by atoms with Gasteiger partial charge >= 0.3 is 0 Å². The van der Waals surface area contributed by atoms with Crippen LogP contribution in [0, 0.1) is 0 Å². The van der Waals surface area contributed by atoms with Crippen molar-refractivity contribution in [2.75, 3.05) is 7.11 Å². The van der Waals surface area contributed by atoms with Gasteiger partial charge in [-0.05, 0) is 0 Å². The molecule has 0 spiro atoms. The monoisotopic (exact) mass is 102 g/mol. The molecule has 0 aliphatic heterocycles. The lowest BCUT2D eigenvalue weighted by molar-refractivity contribution is -0.116. The molecule has 0 bridgehead atoms. The smallest absolute Gasteiger partial charge is 0.264 e. The number of hydrogen-bond donors (Lipinski definition) is 0. The van der Waals surface area contributed by atoms with Crippen LogP contribution in [0.1, 0.15) is 6.92 Å². The van der Waals surface area contributed by atoms with E-state index in [1.165, 1.54) is 14.0 Å². The van der Waals surface area contributed by atoms with Gasteiger partial charge in [-0.15, -0.1) is 0 Å². The Hall–Kier alpha value is -0.930. The molecule has 0 heterocycles. The van der Waals surface area contributed by atoms with E-state index in [4.69, 9.17) is 0 Å². The molecule has 0 fully saturated rings. The van der Waals surface area contributed by atoms with Crippen molar-refractivity contribution >= 4 is 5.91 Å². The highest BCUT2D eigenvalue weighted by molar-refractivity contribution is 5.72. The maximum absolute atomic E-state index is 9.86. The van der Waals surface area contributed by atoms with Gasteiger partial charge in [-0.1, -0.05) is 5.11 Å². The minimum absolute atomic E-state index is 0.359. The van der Waals surface area contributed by atoms with Crippen LogP contribution in [0.5, 0.6) is 0 Å². The molecule has 0 atom stereocenters. The topological polar surface area (TPSA) is 51.0 Å². The molecule has 0 saturated carbocycles. The minimum Gasteiger partial charge on any atom is -0.383 e. The second-order valence-electron chi connectivity index (χ2n) is 0.883. The summed E-state index contributed by atoms with van der Waals surface area (Å²) in [5.74, 6) is -0.359. The Balaban J connectivity index is 3.26. The van der Waals surface area contributed by atoms with E-state index in [9.17, 15) is 4.79 Å². The lowest BCUT2D eigenvalue weighted by Gasteiger charge is -1.76. The average molecular weight is 102 g/mol. The first kappa shape index (κ1) is 6.07. The average Bonchev–Trinajstić information content (AvgIpc) is 1.61. The van der Waals surface area contributed by atoms with Crippen molar-refractivity contribution in [1.82, 2.24) is 0 Å². The van der Waals surface area contributed by atoms with Crippen LogP contribution in [-0.4, -0.2) is 13.0 Å². The molecule has 0 aromatic carbocycles. The van der Waals surface area contributed by atoms with E-state index in [1.807, 2.05) is 0 Å². The van der Waals surface area contributed by atoms with E-state index >= 15 is 0 Å². The third-order valence-electron chi connectivity index (χ3n) is 0.263. The number of nitrogens with zero attached hydrogens (tertiary/aromatic N) is 2. The molecule has 0 N–H and O–H groups in total. The molecule has 0 aromatic heterocycles. The van der Waals surface area contributed by atoms with Crippen molar-refractivity contribution in [2.45, 2.75) is 6.92 Å². The van der Waals surface area contributed by atoms with Crippen LogP contribution in [0.25, 0.3) is 0 Å². The Morgan fingerprint density at radius 2 is 2.29 bits per heavy atom. The summed E-state index contributed by atoms with van der Waals surface area (Å²) in [5, 5.41) is 5.95. The number of carbonyl (C=O) groups is 1. The van der Waals surface area contributed by atoms with Crippen LogP contribution in [0.15, 0.2) is 10.4 Å². The molecule has 7 heavy (non-hydrogen) atoms. The molecule has 0 saturated heterocycles. The van der Waals surface area contributed by atoms with Gasteiger partial charge in [-0.25, -0.2) is 0 Å². The third-order valence-corrected chi connectivity index (χ3v) is 0.263. The minimum atomic E-state index is -0.359. The molecular formula is C3H6N2O2. The van der Waals surface area contributed by atoms with E-state index in [-0.39, 0.29) is 5.91 Å². The van der Waals surface area contributed by atoms with E-state index in [2.05, 4.69) is 15.2 Å². The molecule has 4 heteroatoms. The summed E-state index contributed by atoms with van der Waals surface area (Å²) in [4.78, 5) is 14.0. The highest BCUT2D eigenvalue weighted by Crippen LogP contribution is 1.73. The van der Waals surface area contributed by atoms with E-state index in [0.717, 1.165) is 0 Å². The first-order valence-corrected chi connectivity index (χ1v) is 1.72. The molecule has 40 valence electrons. The summed E-state index contributed by atoms with van der Waals surface area (Å²) in [7, 11) is 1.33. The van der Waals surface area contributed by atoms with Gasteiger partial charge in [0.25, 0.3) is 5.91 Å². The molecular weight excluding hydrogens is 96.0 g/mol. The van der Waals surface area contributed by atoms with Gasteiger partial charge in [0.05, 0.1) is 0 Å². The van der Waals surface area contributed by atoms with E-state index in [0.29, 0.717) is 0 Å². The van der Waals surface area contributed by atoms with Crippen LogP contribution in [-0.2, 0) is 9.63 Å². The summed E-state index contributed by atoms with van der Waals surface area (Å²) in [5.41, 5.74) is 0. The lowest BCUT2D eigenvalue weighted by atomic mass is 10.8. The van der Waals surface area contributed by atoms with Crippen molar-refractivity contribution in [2.24, 2.45) is 10.4 Å². The van der Waals surface area contributed by atoms with Crippen molar-refractivity contribution in [3.63, 3.8) is 0 Å².